The van der Waals surface area contributed by atoms with Crippen LogP contribution < -0.4 is 5.32 Å². The highest BCUT2D eigenvalue weighted by molar-refractivity contribution is 7.12. The van der Waals surface area contributed by atoms with Crippen LogP contribution in [0.5, 0.6) is 0 Å². The third-order valence-corrected chi connectivity index (χ3v) is 4.96. The van der Waals surface area contributed by atoms with E-state index < -0.39 is 0 Å². The van der Waals surface area contributed by atoms with Gasteiger partial charge in [0.1, 0.15) is 0 Å². The summed E-state index contributed by atoms with van der Waals surface area (Å²) in [6.07, 6.45) is 9.80. The molecule has 0 spiro atoms. The average molecular weight is 235 g/mol. The van der Waals surface area contributed by atoms with Crippen molar-refractivity contribution in [2.75, 3.05) is 6.54 Å². The van der Waals surface area contributed by atoms with Crippen molar-refractivity contribution in [1.29, 1.82) is 0 Å². The molecule has 1 saturated carbocycles. The molecule has 1 N–H and O–H groups in total. The zero-order valence-corrected chi connectivity index (χ0v) is 10.7. The summed E-state index contributed by atoms with van der Waals surface area (Å²) in [6, 6.07) is 2.46. The molecule has 3 rings (SSSR count). The molecule has 0 atom stereocenters. The molecule has 0 radical (unpaired) electrons. The van der Waals surface area contributed by atoms with Crippen LogP contribution in [0.3, 0.4) is 0 Å². The number of thiophene rings is 1. The fraction of sp³-hybridized carbons (Fsp3) is 0.714. The highest BCUT2D eigenvalue weighted by Crippen LogP contribution is 2.30. The van der Waals surface area contributed by atoms with Gasteiger partial charge in [-0.2, -0.15) is 0 Å². The third kappa shape index (κ3) is 2.67. The second-order valence-corrected chi connectivity index (χ2v) is 6.52. The Bertz CT molecular complexity index is 328. The standard InChI is InChI=1S/C14H21NS/c1-2-4-12-8-13(16-14(12)5-3-1)10-15-9-11-6-7-11/h8,11,15H,1-7,9-10H2. The normalized spacial score (nSPS) is 20.5. The topological polar surface area (TPSA) is 12.0 Å². The van der Waals surface area contributed by atoms with Gasteiger partial charge in [-0.05, 0) is 62.6 Å². The van der Waals surface area contributed by atoms with Crippen LogP contribution in [-0.2, 0) is 19.4 Å². The van der Waals surface area contributed by atoms with Gasteiger partial charge in [-0.3, -0.25) is 0 Å². The van der Waals surface area contributed by atoms with Gasteiger partial charge in [0.05, 0.1) is 0 Å². The number of rotatable bonds is 4. The zero-order chi connectivity index (χ0) is 10.8. The minimum atomic E-state index is 0.998. The first-order chi connectivity index (χ1) is 7.92. The molecule has 0 bridgehead atoms. The lowest BCUT2D eigenvalue weighted by Gasteiger charge is -2.00. The molecule has 1 aromatic heterocycles. The van der Waals surface area contributed by atoms with Gasteiger partial charge < -0.3 is 5.32 Å². The van der Waals surface area contributed by atoms with Crippen LogP contribution in [0.2, 0.25) is 0 Å². The lowest BCUT2D eigenvalue weighted by Crippen LogP contribution is -2.15. The van der Waals surface area contributed by atoms with Crippen LogP contribution in [0.25, 0.3) is 0 Å². The van der Waals surface area contributed by atoms with Gasteiger partial charge >= 0.3 is 0 Å². The fourth-order valence-electron chi connectivity index (χ4n) is 2.54. The van der Waals surface area contributed by atoms with Gasteiger partial charge in [-0.15, -0.1) is 11.3 Å². The molecule has 0 aliphatic heterocycles. The molecule has 0 unspecified atom stereocenters. The predicted molar refractivity (Wildman–Crippen MR) is 70.0 cm³/mol. The molecular formula is C14H21NS. The van der Waals surface area contributed by atoms with Crippen molar-refractivity contribution in [1.82, 2.24) is 5.32 Å². The van der Waals surface area contributed by atoms with Gasteiger partial charge in [0.25, 0.3) is 0 Å². The SMILES string of the molecule is c1c(CNCC2CC2)sc2c1CCCCC2. The molecule has 1 aromatic rings. The Kier molecular flexibility index (Phi) is 3.30. The average Bonchev–Trinajstić information content (AvgIpc) is 3.05. The minimum Gasteiger partial charge on any atom is -0.312 e. The molecule has 0 aromatic carbocycles. The molecule has 2 aliphatic carbocycles. The number of fused-ring (bicyclic) bond motifs is 1. The Morgan fingerprint density at radius 3 is 2.94 bits per heavy atom. The first-order valence-electron chi connectivity index (χ1n) is 6.73. The van der Waals surface area contributed by atoms with E-state index in [9.17, 15) is 0 Å². The summed E-state index contributed by atoms with van der Waals surface area (Å²) < 4.78 is 0. The Morgan fingerprint density at radius 1 is 1.19 bits per heavy atom. The van der Waals surface area contributed by atoms with Crippen LogP contribution in [0, 0.1) is 5.92 Å². The van der Waals surface area contributed by atoms with Crippen LogP contribution in [0.4, 0.5) is 0 Å². The van der Waals surface area contributed by atoms with Crippen molar-refractivity contribution in [3.05, 3.63) is 21.4 Å². The molecule has 2 aliphatic rings. The van der Waals surface area contributed by atoms with E-state index in [4.69, 9.17) is 0 Å². The first kappa shape index (κ1) is 10.8. The Morgan fingerprint density at radius 2 is 2.06 bits per heavy atom. The second kappa shape index (κ2) is 4.89. The largest absolute Gasteiger partial charge is 0.312 e. The smallest absolute Gasteiger partial charge is 0.0300 e. The first-order valence-corrected chi connectivity index (χ1v) is 7.54. The van der Waals surface area contributed by atoms with Crippen molar-refractivity contribution in [3.63, 3.8) is 0 Å². The molecular weight excluding hydrogens is 214 g/mol. The maximum atomic E-state index is 3.60. The second-order valence-electron chi connectivity index (χ2n) is 5.30. The Hall–Kier alpha value is -0.340. The van der Waals surface area contributed by atoms with Crippen molar-refractivity contribution >= 4 is 11.3 Å². The quantitative estimate of drug-likeness (QED) is 0.787. The monoisotopic (exact) mass is 235 g/mol. The summed E-state index contributed by atoms with van der Waals surface area (Å²) >= 11 is 2.06. The molecule has 88 valence electrons. The highest BCUT2D eigenvalue weighted by atomic mass is 32.1. The number of hydrogen-bond donors (Lipinski definition) is 1. The van der Waals surface area contributed by atoms with E-state index in [1.165, 1.54) is 51.5 Å². The molecule has 2 heteroatoms. The molecule has 16 heavy (non-hydrogen) atoms. The lowest BCUT2D eigenvalue weighted by molar-refractivity contribution is 0.643. The summed E-state index contributed by atoms with van der Waals surface area (Å²) in [5.41, 5.74) is 1.66. The van der Waals surface area contributed by atoms with E-state index >= 15 is 0 Å². The van der Waals surface area contributed by atoms with Gasteiger partial charge in [0, 0.05) is 16.3 Å². The third-order valence-electron chi connectivity index (χ3n) is 3.73. The van der Waals surface area contributed by atoms with E-state index in [0.29, 0.717) is 0 Å². The molecule has 1 heterocycles. The number of aryl methyl sites for hydroxylation is 2. The van der Waals surface area contributed by atoms with Crippen molar-refractivity contribution in [2.45, 2.75) is 51.5 Å². The Balaban J connectivity index is 1.57. The molecule has 1 fully saturated rings. The van der Waals surface area contributed by atoms with Crippen LogP contribution in [0.15, 0.2) is 6.07 Å². The van der Waals surface area contributed by atoms with E-state index in [2.05, 4.69) is 22.7 Å². The summed E-state index contributed by atoms with van der Waals surface area (Å²) in [5.74, 6) is 0.998. The van der Waals surface area contributed by atoms with Crippen LogP contribution >= 0.6 is 11.3 Å². The van der Waals surface area contributed by atoms with Gasteiger partial charge in [-0.1, -0.05) is 6.42 Å². The van der Waals surface area contributed by atoms with Crippen LogP contribution in [-0.4, -0.2) is 6.54 Å². The van der Waals surface area contributed by atoms with E-state index in [1.54, 1.807) is 15.3 Å². The zero-order valence-electron chi connectivity index (χ0n) is 9.93. The van der Waals surface area contributed by atoms with Crippen LogP contribution in [0.1, 0.15) is 47.4 Å². The summed E-state index contributed by atoms with van der Waals surface area (Å²) in [4.78, 5) is 3.24. The molecule has 1 nitrogen and oxygen atoms in total. The van der Waals surface area contributed by atoms with Gasteiger partial charge in [0.15, 0.2) is 0 Å². The van der Waals surface area contributed by atoms with Gasteiger partial charge in [-0.25, -0.2) is 0 Å². The van der Waals surface area contributed by atoms with Crippen molar-refractivity contribution in [2.24, 2.45) is 5.92 Å². The minimum absolute atomic E-state index is 0.998. The summed E-state index contributed by atoms with van der Waals surface area (Å²) in [5, 5.41) is 3.60. The maximum Gasteiger partial charge on any atom is 0.0300 e. The van der Waals surface area contributed by atoms with E-state index in [-0.39, 0.29) is 0 Å². The van der Waals surface area contributed by atoms with Crippen molar-refractivity contribution in [3.8, 4) is 0 Å². The van der Waals surface area contributed by atoms with E-state index in [0.717, 1.165) is 12.5 Å². The van der Waals surface area contributed by atoms with Crippen molar-refractivity contribution < 1.29 is 0 Å². The maximum absolute atomic E-state index is 3.60. The van der Waals surface area contributed by atoms with E-state index in [1.807, 2.05) is 0 Å². The summed E-state index contributed by atoms with van der Waals surface area (Å²) in [6.45, 7) is 2.34. The fourth-order valence-corrected chi connectivity index (χ4v) is 3.77. The van der Waals surface area contributed by atoms with Gasteiger partial charge in [0.2, 0.25) is 0 Å². The molecule has 0 saturated heterocycles. The Labute approximate surface area is 102 Å². The summed E-state index contributed by atoms with van der Waals surface area (Å²) in [7, 11) is 0. The highest BCUT2D eigenvalue weighted by Gasteiger charge is 2.20. The molecule has 0 amide bonds. The predicted octanol–water partition coefficient (Wildman–Crippen LogP) is 3.52. The lowest BCUT2D eigenvalue weighted by atomic mass is 10.1. The number of hydrogen-bond acceptors (Lipinski definition) is 2. The number of nitrogens with one attached hydrogen (secondary N) is 1.